The predicted octanol–water partition coefficient (Wildman–Crippen LogP) is 5.45. The van der Waals surface area contributed by atoms with Crippen LogP contribution in [0.5, 0.6) is 5.75 Å². The monoisotopic (exact) mass is 524 g/mol. The number of unbranched alkanes of at least 4 members (excludes halogenated alkanes) is 2. The number of amides is 1. The van der Waals surface area contributed by atoms with Crippen molar-refractivity contribution in [2.75, 3.05) is 19.0 Å². The molecule has 1 aromatic carbocycles. The topological polar surface area (TPSA) is 87.4 Å². The third kappa shape index (κ3) is 6.00. The van der Waals surface area contributed by atoms with E-state index in [1.54, 1.807) is 29.6 Å². The minimum atomic E-state index is -0.335. The summed E-state index contributed by atoms with van der Waals surface area (Å²) in [5, 5.41) is 13.2. The Morgan fingerprint density at radius 3 is 2.47 bits per heavy atom. The summed E-state index contributed by atoms with van der Waals surface area (Å²) in [6.07, 6.45) is 5.47. The van der Waals surface area contributed by atoms with Crippen molar-refractivity contribution in [3.8, 4) is 11.8 Å². The zero-order valence-corrected chi connectivity index (χ0v) is 22.9. The fourth-order valence-corrected chi connectivity index (χ4v) is 5.35. The first-order valence-corrected chi connectivity index (χ1v) is 13.4. The van der Waals surface area contributed by atoms with Crippen LogP contribution in [0.15, 0.2) is 34.0 Å². The summed E-state index contributed by atoms with van der Waals surface area (Å²) in [5.41, 5.74) is 1.95. The number of nitriles is 1. The Balaban J connectivity index is 2.06. The first kappa shape index (κ1) is 27.5. The number of rotatable bonds is 11. The minimum absolute atomic E-state index is 0.0862. The number of hydrogen-bond acceptors (Lipinski definition) is 7. The lowest BCUT2D eigenvalue weighted by Crippen LogP contribution is -2.29. The van der Waals surface area contributed by atoms with Crippen molar-refractivity contribution in [1.29, 1.82) is 5.26 Å². The van der Waals surface area contributed by atoms with Crippen molar-refractivity contribution in [2.45, 2.75) is 59.5 Å². The quantitative estimate of drug-likeness (QED) is 0.238. The second-order valence-electron chi connectivity index (χ2n) is 8.57. The van der Waals surface area contributed by atoms with Gasteiger partial charge in [-0.15, -0.1) is 0 Å². The average Bonchev–Trinajstić information content (AvgIpc) is 3.14. The zero-order chi connectivity index (χ0) is 26.2. The molecule has 1 amide bonds. The van der Waals surface area contributed by atoms with Crippen LogP contribution in [0.1, 0.15) is 61.8 Å². The number of aromatic nitrogens is 1. The van der Waals surface area contributed by atoms with Gasteiger partial charge in [-0.1, -0.05) is 62.8 Å². The summed E-state index contributed by atoms with van der Waals surface area (Å²) in [4.78, 5) is 28.5. The average molecular weight is 525 g/mol. The van der Waals surface area contributed by atoms with Crippen molar-refractivity contribution in [2.24, 2.45) is 0 Å². The molecule has 0 unspecified atom stereocenters. The first-order chi connectivity index (χ1) is 17.4. The maximum Gasteiger partial charge on any atom is 0.270 e. The van der Waals surface area contributed by atoms with Crippen LogP contribution in [-0.4, -0.2) is 33.3 Å². The van der Waals surface area contributed by atoms with Crippen LogP contribution in [0.2, 0.25) is 0 Å². The molecule has 9 heteroatoms. The standard InChI is InChI=1S/C27H32N4O3S2/c1-5-7-8-14-31-26(33)23(36-27(31)35)15-21-18(3)22(16-28)25(32)30(13-6-2)24(21)29-17-19-9-11-20(34-4)12-10-19/h9-12,15,29H,5-8,13-14,17H2,1-4H3/b23-15+. The lowest BCUT2D eigenvalue weighted by atomic mass is 10.0. The van der Waals surface area contributed by atoms with E-state index in [2.05, 4.69) is 18.3 Å². The molecule has 0 atom stereocenters. The first-order valence-electron chi connectivity index (χ1n) is 12.2. The Morgan fingerprint density at radius 1 is 1.14 bits per heavy atom. The number of hydrogen-bond donors (Lipinski definition) is 1. The highest BCUT2D eigenvalue weighted by molar-refractivity contribution is 8.26. The number of carbonyl (C=O) groups is 1. The summed E-state index contributed by atoms with van der Waals surface area (Å²) >= 11 is 6.76. The number of thiocarbonyl (C=S) groups is 1. The molecule has 190 valence electrons. The second-order valence-corrected chi connectivity index (χ2v) is 10.2. The predicted molar refractivity (Wildman–Crippen MR) is 150 cm³/mol. The molecule has 0 bridgehead atoms. The summed E-state index contributed by atoms with van der Waals surface area (Å²) < 4.78 is 7.38. The van der Waals surface area contributed by atoms with Crippen LogP contribution in [0.4, 0.5) is 5.82 Å². The number of nitrogens with zero attached hydrogens (tertiary/aromatic N) is 3. The van der Waals surface area contributed by atoms with Crippen LogP contribution in [0.25, 0.3) is 6.08 Å². The molecule has 2 heterocycles. The molecule has 1 aromatic heterocycles. The Hall–Kier alpha value is -3.09. The molecule has 2 aromatic rings. The SMILES string of the molecule is CCCCCN1C(=O)/C(=C\c2c(C)c(C#N)c(=O)n(CCC)c2NCc2ccc(OC)cc2)SC1=S. The molecular formula is C27H32N4O3S2. The van der Waals surface area contributed by atoms with E-state index >= 15 is 0 Å². The number of ether oxygens (including phenoxy) is 1. The largest absolute Gasteiger partial charge is 0.497 e. The molecule has 36 heavy (non-hydrogen) atoms. The Bertz CT molecular complexity index is 1260. The maximum atomic E-state index is 13.2. The molecule has 3 rings (SSSR count). The van der Waals surface area contributed by atoms with Gasteiger partial charge in [0, 0.05) is 25.2 Å². The Kier molecular flexibility index (Phi) is 9.73. The molecule has 1 aliphatic heterocycles. The third-order valence-corrected chi connectivity index (χ3v) is 7.45. The summed E-state index contributed by atoms with van der Waals surface area (Å²) in [5.74, 6) is 1.22. The number of methoxy groups -OCH3 is 1. The van der Waals surface area contributed by atoms with Crippen LogP contribution in [0, 0.1) is 18.3 Å². The van der Waals surface area contributed by atoms with Gasteiger partial charge in [0.1, 0.15) is 27.5 Å². The molecule has 1 N–H and O–H groups in total. The van der Waals surface area contributed by atoms with E-state index in [9.17, 15) is 14.9 Å². The zero-order valence-electron chi connectivity index (χ0n) is 21.2. The van der Waals surface area contributed by atoms with E-state index in [0.717, 1.165) is 30.6 Å². The van der Waals surface area contributed by atoms with E-state index in [1.807, 2.05) is 31.2 Å². The number of thioether (sulfide) groups is 1. The molecule has 1 fully saturated rings. The molecule has 0 radical (unpaired) electrons. The highest BCUT2D eigenvalue weighted by atomic mass is 32.2. The van der Waals surface area contributed by atoms with Gasteiger partial charge in [0.2, 0.25) is 0 Å². The van der Waals surface area contributed by atoms with E-state index in [0.29, 0.717) is 52.2 Å². The summed E-state index contributed by atoms with van der Waals surface area (Å²) in [7, 11) is 1.62. The molecule has 0 aliphatic carbocycles. The van der Waals surface area contributed by atoms with Gasteiger partial charge >= 0.3 is 0 Å². The van der Waals surface area contributed by atoms with Gasteiger partial charge in [-0.05, 0) is 49.1 Å². The van der Waals surface area contributed by atoms with Gasteiger partial charge < -0.3 is 10.1 Å². The van der Waals surface area contributed by atoms with Gasteiger partial charge in [0.05, 0.1) is 12.0 Å². The number of benzene rings is 1. The highest BCUT2D eigenvalue weighted by Gasteiger charge is 2.32. The van der Waals surface area contributed by atoms with E-state index < -0.39 is 0 Å². The van der Waals surface area contributed by atoms with Crippen LogP contribution in [-0.2, 0) is 17.9 Å². The second kappa shape index (κ2) is 12.7. The van der Waals surface area contributed by atoms with Gasteiger partial charge in [0.15, 0.2) is 0 Å². The van der Waals surface area contributed by atoms with Crippen molar-refractivity contribution >= 4 is 46.1 Å². The Morgan fingerprint density at radius 2 is 1.86 bits per heavy atom. The molecule has 0 spiro atoms. The van der Waals surface area contributed by atoms with Crippen molar-refractivity contribution < 1.29 is 9.53 Å². The molecule has 1 aliphatic rings. The van der Waals surface area contributed by atoms with E-state index in [1.165, 1.54) is 11.8 Å². The lowest BCUT2D eigenvalue weighted by molar-refractivity contribution is -0.122. The summed E-state index contributed by atoms with van der Waals surface area (Å²) in [6, 6.07) is 9.73. The van der Waals surface area contributed by atoms with Crippen LogP contribution >= 0.6 is 24.0 Å². The van der Waals surface area contributed by atoms with Crippen molar-refractivity contribution in [3.63, 3.8) is 0 Å². The lowest BCUT2D eigenvalue weighted by Gasteiger charge is -2.20. The minimum Gasteiger partial charge on any atom is -0.497 e. The smallest absolute Gasteiger partial charge is 0.270 e. The summed E-state index contributed by atoms with van der Waals surface area (Å²) in [6.45, 7) is 7.34. The molecule has 1 saturated heterocycles. The molecular weight excluding hydrogens is 492 g/mol. The fraction of sp³-hybridized carbons (Fsp3) is 0.407. The maximum absolute atomic E-state index is 13.2. The molecule has 0 saturated carbocycles. The van der Waals surface area contributed by atoms with Gasteiger partial charge in [-0.3, -0.25) is 19.1 Å². The Labute approximate surface area is 222 Å². The van der Waals surface area contributed by atoms with E-state index in [4.69, 9.17) is 17.0 Å². The van der Waals surface area contributed by atoms with Crippen molar-refractivity contribution in [3.05, 3.63) is 61.8 Å². The molecule has 7 nitrogen and oxygen atoms in total. The van der Waals surface area contributed by atoms with Gasteiger partial charge in [-0.25, -0.2) is 0 Å². The van der Waals surface area contributed by atoms with Crippen LogP contribution in [0.3, 0.4) is 0 Å². The van der Waals surface area contributed by atoms with Crippen LogP contribution < -0.4 is 15.6 Å². The number of pyridine rings is 1. The fourth-order valence-electron chi connectivity index (χ4n) is 4.06. The van der Waals surface area contributed by atoms with E-state index in [-0.39, 0.29) is 17.0 Å². The highest BCUT2D eigenvalue weighted by Crippen LogP contribution is 2.35. The number of anilines is 1. The number of carbonyl (C=O) groups excluding carboxylic acids is 1. The number of nitrogens with one attached hydrogen (secondary N) is 1. The normalized spacial score (nSPS) is 14.4. The van der Waals surface area contributed by atoms with Crippen molar-refractivity contribution in [1.82, 2.24) is 9.47 Å². The van der Waals surface area contributed by atoms with Gasteiger partial charge in [-0.2, -0.15) is 5.26 Å². The van der Waals surface area contributed by atoms with Gasteiger partial charge in [0.25, 0.3) is 11.5 Å². The third-order valence-electron chi connectivity index (χ3n) is 6.08.